The van der Waals surface area contributed by atoms with E-state index in [1.54, 1.807) is 0 Å². The molecule has 1 amide bonds. The van der Waals surface area contributed by atoms with E-state index in [2.05, 4.69) is 10.6 Å². The smallest absolute Gasteiger partial charge is 0.238 e. The van der Waals surface area contributed by atoms with E-state index < -0.39 is 31.4 Å². The van der Waals surface area contributed by atoms with Crippen LogP contribution in [0.1, 0.15) is 11.1 Å². The van der Waals surface area contributed by atoms with Gasteiger partial charge in [0, 0.05) is 6.54 Å². The van der Waals surface area contributed by atoms with Crippen LogP contribution >= 0.6 is 0 Å². The topological polar surface area (TPSA) is 102 Å². The minimum Gasteiger partial charge on any atom is -0.394 e. The molecule has 1 heterocycles. The molecule has 1 aromatic rings. The van der Waals surface area contributed by atoms with E-state index >= 15 is 0 Å². The predicted octanol–water partition coefficient (Wildman–Crippen LogP) is -1.47. The van der Waals surface area contributed by atoms with E-state index in [9.17, 15) is 20.1 Å². The summed E-state index contributed by atoms with van der Waals surface area (Å²) in [7, 11) is 0. The Morgan fingerprint density at radius 3 is 2.40 bits per heavy atom. The summed E-state index contributed by atoms with van der Waals surface area (Å²) in [6, 6.07) is 7.44. The molecule has 0 aliphatic carbocycles. The minimum absolute atomic E-state index is 0.336. The molecule has 1 aliphatic rings. The van der Waals surface area contributed by atoms with E-state index in [0.717, 1.165) is 11.1 Å². The summed E-state index contributed by atoms with van der Waals surface area (Å²) >= 11 is 0. The number of aliphatic hydroxyl groups is 3. The highest BCUT2D eigenvalue weighted by Crippen LogP contribution is 2.16. The molecule has 6 nitrogen and oxygen atoms in total. The van der Waals surface area contributed by atoms with Gasteiger partial charge in [-0.05, 0) is 17.5 Å². The Kier molecular flexibility index (Phi) is 4.72. The molecule has 0 radical (unpaired) electrons. The van der Waals surface area contributed by atoms with Crippen LogP contribution in [0, 0.1) is 0 Å². The summed E-state index contributed by atoms with van der Waals surface area (Å²) in [5, 5.41) is 33.3. The zero-order valence-corrected chi connectivity index (χ0v) is 11.2. The lowest BCUT2D eigenvalue weighted by atomic mass is 9.94. The first-order valence-electron chi connectivity index (χ1n) is 6.59. The van der Waals surface area contributed by atoms with Crippen LogP contribution in [0.5, 0.6) is 0 Å². The number of benzene rings is 1. The first-order chi connectivity index (χ1) is 9.64. The number of amides is 1. The Balaban J connectivity index is 2.05. The molecule has 5 N–H and O–H groups in total. The maximum absolute atomic E-state index is 12.2. The minimum atomic E-state index is -1.38. The second kappa shape index (κ2) is 6.32. The molecule has 1 aliphatic heterocycles. The Morgan fingerprint density at radius 2 is 1.80 bits per heavy atom. The Hall–Kier alpha value is -1.47. The van der Waals surface area contributed by atoms with Crippen LogP contribution in [0.4, 0.5) is 0 Å². The molecule has 0 bridgehead atoms. The highest BCUT2D eigenvalue weighted by atomic mass is 16.3. The highest BCUT2D eigenvalue weighted by molar-refractivity contribution is 5.83. The average molecular weight is 280 g/mol. The van der Waals surface area contributed by atoms with Gasteiger partial charge in [-0.3, -0.25) is 4.79 Å². The zero-order valence-electron chi connectivity index (χ0n) is 11.2. The molecule has 0 saturated carbocycles. The fourth-order valence-corrected chi connectivity index (χ4v) is 2.26. The Morgan fingerprint density at radius 1 is 1.20 bits per heavy atom. The van der Waals surface area contributed by atoms with Crippen LogP contribution in [-0.4, -0.2) is 52.6 Å². The quantitative estimate of drug-likeness (QED) is 0.453. The van der Waals surface area contributed by atoms with E-state index in [1.807, 2.05) is 24.3 Å². The second-order valence-corrected chi connectivity index (χ2v) is 5.15. The molecule has 0 aromatic heterocycles. The lowest BCUT2D eigenvalue weighted by Crippen LogP contribution is -2.61. The molecule has 1 atom stereocenters. The van der Waals surface area contributed by atoms with Crippen LogP contribution in [0.2, 0.25) is 0 Å². The first-order valence-corrected chi connectivity index (χ1v) is 6.59. The van der Waals surface area contributed by atoms with Crippen molar-refractivity contribution in [2.45, 2.75) is 24.5 Å². The lowest BCUT2D eigenvalue weighted by Gasteiger charge is -2.32. The van der Waals surface area contributed by atoms with Crippen molar-refractivity contribution in [1.82, 2.24) is 10.6 Å². The average Bonchev–Trinajstić information content (AvgIpc) is 2.52. The van der Waals surface area contributed by atoms with Gasteiger partial charge < -0.3 is 26.0 Å². The third-order valence-corrected chi connectivity index (χ3v) is 3.69. The largest absolute Gasteiger partial charge is 0.394 e. The van der Waals surface area contributed by atoms with Gasteiger partial charge in [0.05, 0.1) is 25.9 Å². The fourth-order valence-electron chi connectivity index (χ4n) is 2.26. The first kappa shape index (κ1) is 14.9. The number of hydrogen-bond donors (Lipinski definition) is 5. The molecule has 20 heavy (non-hydrogen) atoms. The summed E-state index contributed by atoms with van der Waals surface area (Å²) in [6.45, 7) is -0.961. The predicted molar refractivity (Wildman–Crippen MR) is 72.9 cm³/mol. The molecule has 2 rings (SSSR count). The van der Waals surface area contributed by atoms with Crippen LogP contribution in [0.15, 0.2) is 24.3 Å². The molecule has 110 valence electrons. The van der Waals surface area contributed by atoms with E-state index in [-0.39, 0.29) is 5.91 Å². The number of aliphatic hydroxyl groups excluding tert-OH is 3. The van der Waals surface area contributed by atoms with Crippen molar-refractivity contribution in [2.75, 3.05) is 19.8 Å². The number of nitrogens with one attached hydrogen (secondary N) is 2. The summed E-state index contributed by atoms with van der Waals surface area (Å²) < 4.78 is 0. The molecule has 0 fully saturated rings. The van der Waals surface area contributed by atoms with Crippen molar-refractivity contribution < 1.29 is 20.1 Å². The normalized spacial score (nSPS) is 18.4. The Labute approximate surface area is 117 Å². The van der Waals surface area contributed by atoms with Gasteiger partial charge in [0.15, 0.2) is 0 Å². The molecule has 0 saturated heterocycles. The molecule has 0 unspecified atom stereocenters. The zero-order chi connectivity index (χ0) is 14.6. The molecule has 6 heteroatoms. The van der Waals surface area contributed by atoms with Gasteiger partial charge in [0.2, 0.25) is 5.91 Å². The standard InChI is InChI=1S/C14H20N2O4/c17-7-14(8-18,9-19)16-13(20)12-5-10-3-1-2-4-11(10)6-15-12/h1-4,12,15,17-19H,5-9H2,(H,16,20)/t12-/m1/s1. The van der Waals surface area contributed by atoms with Crippen molar-refractivity contribution in [3.05, 3.63) is 35.4 Å². The molecular weight excluding hydrogens is 260 g/mol. The van der Waals surface area contributed by atoms with Crippen LogP contribution in [-0.2, 0) is 17.8 Å². The fraction of sp³-hybridized carbons (Fsp3) is 0.500. The van der Waals surface area contributed by atoms with E-state index in [0.29, 0.717) is 13.0 Å². The highest BCUT2D eigenvalue weighted by Gasteiger charge is 2.33. The number of rotatable bonds is 5. The third kappa shape index (κ3) is 2.99. The van der Waals surface area contributed by atoms with Gasteiger partial charge in [-0.1, -0.05) is 24.3 Å². The summed E-state index contributed by atoms with van der Waals surface area (Å²) in [4.78, 5) is 12.2. The van der Waals surface area contributed by atoms with Gasteiger partial charge in [-0.2, -0.15) is 0 Å². The molecule has 1 aromatic carbocycles. The van der Waals surface area contributed by atoms with Gasteiger partial charge in [-0.15, -0.1) is 0 Å². The summed E-state index contributed by atoms with van der Waals surface area (Å²) in [6.07, 6.45) is 0.542. The number of fused-ring (bicyclic) bond motifs is 1. The SMILES string of the molecule is O=C(NC(CO)(CO)CO)[C@H]1Cc2ccccc2CN1. The second-order valence-electron chi connectivity index (χ2n) is 5.15. The summed E-state index contributed by atoms with van der Waals surface area (Å²) in [5.41, 5.74) is 0.888. The van der Waals surface area contributed by atoms with Gasteiger partial charge in [0.25, 0.3) is 0 Å². The van der Waals surface area contributed by atoms with Crippen LogP contribution in [0.3, 0.4) is 0 Å². The maximum atomic E-state index is 12.2. The monoisotopic (exact) mass is 280 g/mol. The molecule has 0 spiro atoms. The van der Waals surface area contributed by atoms with E-state index in [4.69, 9.17) is 0 Å². The van der Waals surface area contributed by atoms with Gasteiger partial charge >= 0.3 is 0 Å². The van der Waals surface area contributed by atoms with Crippen LogP contribution in [0.25, 0.3) is 0 Å². The maximum Gasteiger partial charge on any atom is 0.238 e. The third-order valence-electron chi connectivity index (χ3n) is 3.69. The van der Waals surface area contributed by atoms with E-state index in [1.165, 1.54) is 0 Å². The lowest BCUT2D eigenvalue weighted by molar-refractivity contribution is -0.127. The van der Waals surface area contributed by atoms with Gasteiger partial charge in [0.1, 0.15) is 5.54 Å². The van der Waals surface area contributed by atoms with Crippen molar-refractivity contribution >= 4 is 5.91 Å². The number of carbonyl (C=O) groups is 1. The van der Waals surface area contributed by atoms with Crippen molar-refractivity contribution in [1.29, 1.82) is 0 Å². The van der Waals surface area contributed by atoms with Crippen molar-refractivity contribution in [2.24, 2.45) is 0 Å². The van der Waals surface area contributed by atoms with Crippen molar-refractivity contribution in [3.8, 4) is 0 Å². The number of carbonyl (C=O) groups excluding carboxylic acids is 1. The summed E-state index contributed by atoms with van der Waals surface area (Å²) in [5.74, 6) is -0.336. The van der Waals surface area contributed by atoms with Crippen molar-refractivity contribution in [3.63, 3.8) is 0 Å². The van der Waals surface area contributed by atoms with Crippen LogP contribution < -0.4 is 10.6 Å². The Bertz CT molecular complexity index is 466. The number of hydrogen-bond acceptors (Lipinski definition) is 5. The molecular formula is C14H20N2O4. The van der Waals surface area contributed by atoms with Gasteiger partial charge in [-0.25, -0.2) is 0 Å².